The van der Waals surface area contributed by atoms with Gasteiger partial charge in [0.05, 0.1) is 0 Å². The standard InChI is InChI=1S/C29H39N5O14/c30-16(25(39)40)6-10-21(35)31-17(26(41)42)7-11-22(36)32-18(27(43)44)8-12-23(37)33-19(28(45)46)9-13-24(38)34-20(29(47)48)14-15-4-2-1-3-5-15/h1-5,16-20H,6-14,30H2,(H,31,35)(H,32,36)(H,33,37)(H,34,38)(H,39,40)(H,41,42)(H,43,44)(H,45,46)(H,47,48)/t16-,17-,18-,19-,20-/m0/s1. The minimum absolute atomic E-state index is 0.0231. The van der Waals surface area contributed by atoms with Crippen molar-refractivity contribution < 1.29 is 68.7 Å². The second-order valence-corrected chi connectivity index (χ2v) is 10.6. The maximum atomic E-state index is 12.4. The van der Waals surface area contributed by atoms with Gasteiger partial charge in [0.1, 0.15) is 30.2 Å². The number of benzene rings is 1. The Morgan fingerprint density at radius 1 is 0.479 bits per heavy atom. The zero-order chi connectivity index (χ0) is 36.4. The second-order valence-electron chi connectivity index (χ2n) is 10.6. The molecule has 264 valence electrons. The molecule has 0 heterocycles. The van der Waals surface area contributed by atoms with Crippen molar-refractivity contribution in [3.05, 3.63) is 35.9 Å². The van der Waals surface area contributed by atoms with Crippen molar-refractivity contribution in [2.75, 3.05) is 0 Å². The molecule has 5 atom stereocenters. The number of carbonyl (C=O) groups is 9. The summed E-state index contributed by atoms with van der Waals surface area (Å²) < 4.78 is 0. The first kappa shape index (κ1) is 40.4. The number of rotatable bonds is 23. The molecule has 0 saturated carbocycles. The quantitative estimate of drug-likeness (QED) is 0.0599. The number of carboxylic acid groups (broad SMARTS) is 5. The Bertz CT molecular complexity index is 1340. The first-order valence-corrected chi connectivity index (χ1v) is 14.6. The van der Waals surface area contributed by atoms with Crippen LogP contribution in [0.5, 0.6) is 0 Å². The number of carboxylic acids is 5. The number of carbonyl (C=O) groups excluding carboxylic acids is 4. The van der Waals surface area contributed by atoms with Crippen molar-refractivity contribution in [2.45, 2.75) is 88.0 Å². The van der Waals surface area contributed by atoms with Gasteiger partial charge in [-0.2, -0.15) is 0 Å². The number of nitrogens with one attached hydrogen (secondary N) is 4. The monoisotopic (exact) mass is 681 g/mol. The van der Waals surface area contributed by atoms with Crippen LogP contribution in [0, 0.1) is 0 Å². The van der Waals surface area contributed by atoms with Crippen molar-refractivity contribution in [3.8, 4) is 0 Å². The Balaban J connectivity index is 2.60. The summed E-state index contributed by atoms with van der Waals surface area (Å²) in [5.74, 6) is -10.7. The number of hydrogen-bond acceptors (Lipinski definition) is 10. The Morgan fingerprint density at radius 2 is 0.792 bits per heavy atom. The van der Waals surface area contributed by atoms with E-state index in [1.165, 1.54) is 0 Å². The molecular formula is C29H39N5O14. The van der Waals surface area contributed by atoms with Crippen molar-refractivity contribution >= 4 is 53.5 Å². The second kappa shape index (κ2) is 20.5. The molecule has 0 aliphatic heterocycles. The summed E-state index contributed by atoms with van der Waals surface area (Å²) in [4.78, 5) is 106. The molecular weight excluding hydrogens is 642 g/mol. The molecule has 1 aromatic carbocycles. The van der Waals surface area contributed by atoms with Crippen molar-refractivity contribution in [1.29, 1.82) is 0 Å². The van der Waals surface area contributed by atoms with Gasteiger partial charge in [0.15, 0.2) is 0 Å². The molecule has 0 saturated heterocycles. The van der Waals surface area contributed by atoms with E-state index >= 15 is 0 Å². The van der Waals surface area contributed by atoms with Crippen LogP contribution in [-0.2, 0) is 49.6 Å². The zero-order valence-corrected chi connectivity index (χ0v) is 25.6. The highest BCUT2D eigenvalue weighted by molar-refractivity contribution is 5.88. The predicted molar refractivity (Wildman–Crippen MR) is 161 cm³/mol. The number of aliphatic carboxylic acids is 5. The highest BCUT2D eigenvalue weighted by atomic mass is 16.4. The number of nitrogens with two attached hydrogens (primary N) is 1. The van der Waals surface area contributed by atoms with E-state index < -0.39 is 129 Å². The fourth-order valence-electron chi connectivity index (χ4n) is 4.12. The molecule has 0 unspecified atom stereocenters. The molecule has 48 heavy (non-hydrogen) atoms. The minimum Gasteiger partial charge on any atom is -0.480 e. The Morgan fingerprint density at radius 3 is 1.10 bits per heavy atom. The van der Waals surface area contributed by atoms with Crippen LogP contribution >= 0.6 is 0 Å². The van der Waals surface area contributed by atoms with E-state index in [4.69, 9.17) is 10.8 Å². The van der Waals surface area contributed by atoms with Crippen LogP contribution in [0.3, 0.4) is 0 Å². The fourth-order valence-corrected chi connectivity index (χ4v) is 4.12. The van der Waals surface area contributed by atoms with Crippen LogP contribution < -0.4 is 27.0 Å². The maximum Gasteiger partial charge on any atom is 0.326 e. The van der Waals surface area contributed by atoms with Crippen LogP contribution in [0.15, 0.2) is 30.3 Å². The number of amides is 4. The Kier molecular flexibility index (Phi) is 17.3. The highest BCUT2D eigenvalue weighted by Gasteiger charge is 2.27. The first-order valence-electron chi connectivity index (χ1n) is 14.6. The molecule has 0 aliphatic carbocycles. The lowest BCUT2D eigenvalue weighted by atomic mass is 10.1. The highest BCUT2D eigenvalue weighted by Crippen LogP contribution is 2.07. The molecule has 0 bridgehead atoms. The minimum atomic E-state index is -1.63. The van der Waals surface area contributed by atoms with E-state index in [0.717, 1.165) is 0 Å². The summed E-state index contributed by atoms with van der Waals surface area (Å²) in [7, 11) is 0. The molecule has 0 spiro atoms. The van der Waals surface area contributed by atoms with E-state index in [0.29, 0.717) is 5.56 Å². The lowest BCUT2D eigenvalue weighted by molar-refractivity contribution is -0.144. The summed E-state index contributed by atoms with van der Waals surface area (Å²) in [6, 6.07) is 1.05. The molecule has 0 fully saturated rings. The summed E-state index contributed by atoms with van der Waals surface area (Å²) in [6.45, 7) is 0. The largest absolute Gasteiger partial charge is 0.480 e. The summed E-state index contributed by atoms with van der Waals surface area (Å²) in [5, 5.41) is 55.1. The maximum absolute atomic E-state index is 12.4. The van der Waals surface area contributed by atoms with Crippen LogP contribution in [-0.4, -0.2) is 109 Å². The van der Waals surface area contributed by atoms with Gasteiger partial charge in [0.2, 0.25) is 23.6 Å². The topological polar surface area (TPSA) is 329 Å². The summed E-state index contributed by atoms with van der Waals surface area (Å²) in [5.41, 5.74) is 5.93. The lowest BCUT2D eigenvalue weighted by Gasteiger charge is -2.18. The smallest absolute Gasteiger partial charge is 0.326 e. The van der Waals surface area contributed by atoms with Gasteiger partial charge in [0, 0.05) is 32.1 Å². The molecule has 19 nitrogen and oxygen atoms in total. The number of hydrogen-bond donors (Lipinski definition) is 10. The fraction of sp³-hybridized carbons (Fsp3) is 0.483. The van der Waals surface area contributed by atoms with E-state index in [1.54, 1.807) is 30.3 Å². The molecule has 1 rings (SSSR count). The zero-order valence-electron chi connectivity index (χ0n) is 25.6. The summed E-state index contributed by atoms with van der Waals surface area (Å²) >= 11 is 0. The molecule has 11 N–H and O–H groups in total. The average molecular weight is 682 g/mol. The van der Waals surface area contributed by atoms with E-state index in [9.17, 15) is 63.6 Å². The third-order valence-electron chi connectivity index (χ3n) is 6.80. The van der Waals surface area contributed by atoms with Gasteiger partial charge >= 0.3 is 29.8 Å². The van der Waals surface area contributed by atoms with Crippen LogP contribution in [0.1, 0.15) is 56.9 Å². The van der Waals surface area contributed by atoms with Gasteiger partial charge in [-0.1, -0.05) is 30.3 Å². The van der Waals surface area contributed by atoms with Gasteiger partial charge in [-0.3, -0.25) is 24.0 Å². The van der Waals surface area contributed by atoms with E-state index in [1.807, 2.05) is 0 Å². The van der Waals surface area contributed by atoms with Crippen LogP contribution in [0.25, 0.3) is 0 Å². The third-order valence-corrected chi connectivity index (χ3v) is 6.80. The Hall–Kier alpha value is -5.59. The van der Waals surface area contributed by atoms with Gasteiger partial charge in [-0.15, -0.1) is 0 Å². The lowest BCUT2D eigenvalue weighted by Crippen LogP contribution is -2.46. The van der Waals surface area contributed by atoms with E-state index in [2.05, 4.69) is 21.3 Å². The molecule has 0 radical (unpaired) electrons. The molecule has 0 aromatic heterocycles. The molecule has 4 amide bonds. The van der Waals surface area contributed by atoms with Crippen LogP contribution in [0.4, 0.5) is 0 Å². The normalized spacial score (nSPS) is 13.8. The Labute approximate surface area is 273 Å². The van der Waals surface area contributed by atoms with Gasteiger partial charge in [-0.25, -0.2) is 19.2 Å². The average Bonchev–Trinajstić information content (AvgIpc) is 3.01. The summed E-state index contributed by atoms with van der Waals surface area (Å²) in [6.07, 6.45) is -3.66. The molecule has 19 heteroatoms. The van der Waals surface area contributed by atoms with Gasteiger partial charge < -0.3 is 52.5 Å². The van der Waals surface area contributed by atoms with Crippen molar-refractivity contribution in [3.63, 3.8) is 0 Å². The molecule has 0 aliphatic rings. The van der Waals surface area contributed by atoms with Gasteiger partial charge in [0.25, 0.3) is 0 Å². The van der Waals surface area contributed by atoms with Crippen molar-refractivity contribution in [1.82, 2.24) is 21.3 Å². The predicted octanol–water partition coefficient (Wildman–Crippen LogP) is -1.96. The van der Waals surface area contributed by atoms with Gasteiger partial charge in [-0.05, 0) is 31.2 Å². The van der Waals surface area contributed by atoms with Crippen LogP contribution in [0.2, 0.25) is 0 Å². The first-order chi connectivity index (χ1) is 22.5. The van der Waals surface area contributed by atoms with E-state index in [-0.39, 0.29) is 12.8 Å². The third kappa shape index (κ3) is 16.1. The van der Waals surface area contributed by atoms with Crippen molar-refractivity contribution in [2.24, 2.45) is 5.73 Å². The molecule has 1 aromatic rings. The SMILES string of the molecule is N[C@@H](CCC(=O)N[C@@H](CCC(=O)N[C@@H](CCC(=O)N[C@@H](CCC(=O)N[C@@H](Cc1ccccc1)C(=O)O)C(=O)O)C(=O)O)C(=O)O)C(=O)O.